The number of carbonyl (C=O) groups excluding carboxylic acids is 2. The van der Waals surface area contributed by atoms with Crippen LogP contribution in [-0.4, -0.2) is 43.1 Å². The van der Waals surface area contributed by atoms with Crippen molar-refractivity contribution in [3.05, 3.63) is 78.0 Å². The molecule has 0 aliphatic carbocycles. The van der Waals surface area contributed by atoms with Gasteiger partial charge in [0, 0.05) is 18.2 Å². The Morgan fingerprint density at radius 1 is 0.906 bits per heavy atom. The molecule has 1 aliphatic rings. The van der Waals surface area contributed by atoms with Gasteiger partial charge in [-0.1, -0.05) is 48.5 Å². The van der Waals surface area contributed by atoms with Gasteiger partial charge >= 0.3 is 0 Å². The number of nitrogens with zero attached hydrogens (tertiary/aromatic N) is 1. The summed E-state index contributed by atoms with van der Waals surface area (Å²) in [5.41, 5.74) is 2.03. The fourth-order valence-corrected chi connectivity index (χ4v) is 3.79. The van der Waals surface area contributed by atoms with E-state index in [1.807, 2.05) is 80.6 Å². The highest BCUT2D eigenvalue weighted by Crippen LogP contribution is 2.33. The number of fused-ring (bicyclic) bond motifs is 1. The smallest absolute Gasteiger partial charge is 0.278 e. The number of nitrogens with one attached hydrogen (secondary N) is 1. The van der Waals surface area contributed by atoms with Gasteiger partial charge in [0.15, 0.2) is 0 Å². The van der Waals surface area contributed by atoms with Gasteiger partial charge in [0.1, 0.15) is 11.4 Å². The summed E-state index contributed by atoms with van der Waals surface area (Å²) in [6.07, 6.45) is 0.0443. The first-order valence-corrected chi connectivity index (χ1v) is 10.6. The van der Waals surface area contributed by atoms with Crippen LogP contribution in [0.1, 0.15) is 19.4 Å². The molecule has 0 unspecified atom stereocenters. The maximum absolute atomic E-state index is 13.3. The van der Waals surface area contributed by atoms with Crippen molar-refractivity contribution in [2.24, 2.45) is 0 Å². The summed E-state index contributed by atoms with van der Waals surface area (Å²) < 4.78 is 10.8. The van der Waals surface area contributed by atoms with E-state index in [4.69, 9.17) is 9.47 Å². The molecule has 6 nitrogen and oxygen atoms in total. The van der Waals surface area contributed by atoms with E-state index in [0.29, 0.717) is 16.9 Å². The topological polar surface area (TPSA) is 67.9 Å². The monoisotopic (exact) mass is 430 g/mol. The summed E-state index contributed by atoms with van der Waals surface area (Å²) >= 11 is 0. The number of hydrogen-bond acceptors (Lipinski definition) is 5. The van der Waals surface area contributed by atoms with Crippen LogP contribution in [0.2, 0.25) is 0 Å². The van der Waals surface area contributed by atoms with E-state index in [1.54, 1.807) is 7.11 Å². The Hall–Kier alpha value is -3.64. The molecule has 0 radical (unpaired) electrons. The van der Waals surface area contributed by atoms with E-state index in [1.165, 1.54) is 4.90 Å². The minimum atomic E-state index is -0.363. The molecule has 6 heteroatoms. The van der Waals surface area contributed by atoms with Crippen LogP contribution >= 0.6 is 0 Å². The number of imide groups is 1. The molecular formula is C26H26N2O4. The first-order chi connectivity index (χ1) is 15.5. The lowest BCUT2D eigenvalue weighted by atomic mass is 10.0. The maximum atomic E-state index is 13.3. The third-order valence-electron chi connectivity index (χ3n) is 5.25. The summed E-state index contributed by atoms with van der Waals surface area (Å²) in [6.45, 7) is 4.37. The predicted molar refractivity (Wildman–Crippen MR) is 125 cm³/mol. The molecule has 0 aromatic heterocycles. The van der Waals surface area contributed by atoms with Crippen molar-refractivity contribution in [2.45, 2.75) is 20.0 Å². The van der Waals surface area contributed by atoms with Crippen LogP contribution in [0.5, 0.6) is 5.75 Å². The number of anilines is 1. The molecule has 0 saturated heterocycles. The SMILES string of the molecule is COCCN1C(=O)C(Nc2cccc3ccccc23)=C(c2ccc(OC(C)C)cc2)C1=O. The van der Waals surface area contributed by atoms with Gasteiger partial charge in [0.25, 0.3) is 11.8 Å². The second kappa shape index (κ2) is 9.24. The minimum Gasteiger partial charge on any atom is -0.491 e. The summed E-state index contributed by atoms with van der Waals surface area (Å²) in [4.78, 5) is 27.8. The zero-order valence-electron chi connectivity index (χ0n) is 18.4. The van der Waals surface area contributed by atoms with Gasteiger partial charge in [-0.2, -0.15) is 0 Å². The normalized spacial score (nSPS) is 14.1. The van der Waals surface area contributed by atoms with Gasteiger partial charge < -0.3 is 14.8 Å². The lowest BCUT2D eigenvalue weighted by molar-refractivity contribution is -0.137. The van der Waals surface area contributed by atoms with Crippen LogP contribution in [0.3, 0.4) is 0 Å². The fraction of sp³-hybridized carbons (Fsp3) is 0.231. The Morgan fingerprint density at radius 2 is 1.62 bits per heavy atom. The van der Waals surface area contributed by atoms with Crippen LogP contribution in [-0.2, 0) is 14.3 Å². The maximum Gasteiger partial charge on any atom is 0.278 e. The molecule has 1 N–H and O–H groups in total. The van der Waals surface area contributed by atoms with Gasteiger partial charge in [0.2, 0.25) is 0 Å². The van der Waals surface area contributed by atoms with Crippen LogP contribution in [0.4, 0.5) is 5.69 Å². The Labute approximate surface area is 187 Å². The van der Waals surface area contributed by atoms with Crippen molar-refractivity contribution in [3.63, 3.8) is 0 Å². The minimum absolute atomic E-state index is 0.0443. The Morgan fingerprint density at radius 3 is 2.34 bits per heavy atom. The standard InChI is InChI=1S/C26H26N2O4/c1-17(2)32-20-13-11-19(12-14-20)23-24(26(30)28(25(23)29)15-16-31-3)27-22-10-6-8-18-7-4-5-9-21(18)22/h4-14,17,27H,15-16H2,1-3H3. The second-order valence-corrected chi connectivity index (χ2v) is 7.85. The first-order valence-electron chi connectivity index (χ1n) is 10.6. The Kier molecular flexibility index (Phi) is 6.23. The number of benzene rings is 3. The van der Waals surface area contributed by atoms with E-state index in [0.717, 1.165) is 16.5 Å². The van der Waals surface area contributed by atoms with Crippen molar-refractivity contribution in [2.75, 3.05) is 25.6 Å². The number of ether oxygens (including phenoxy) is 2. The number of amides is 2. The van der Waals surface area contributed by atoms with Crippen LogP contribution < -0.4 is 10.1 Å². The highest BCUT2D eigenvalue weighted by atomic mass is 16.5. The number of rotatable bonds is 8. The molecule has 3 aromatic rings. The number of carbonyl (C=O) groups is 2. The van der Waals surface area contributed by atoms with E-state index in [-0.39, 0.29) is 36.8 Å². The summed E-state index contributed by atoms with van der Waals surface area (Å²) in [6, 6.07) is 21.0. The molecule has 4 rings (SSSR count). The number of methoxy groups -OCH3 is 1. The van der Waals surface area contributed by atoms with Crippen molar-refractivity contribution >= 4 is 33.8 Å². The summed E-state index contributed by atoms with van der Waals surface area (Å²) in [5, 5.41) is 5.28. The van der Waals surface area contributed by atoms with Gasteiger partial charge in [0.05, 0.1) is 24.8 Å². The molecule has 0 atom stereocenters. The molecule has 0 bridgehead atoms. The van der Waals surface area contributed by atoms with Gasteiger partial charge in [-0.3, -0.25) is 14.5 Å². The molecule has 1 heterocycles. The molecule has 0 spiro atoms. The molecule has 32 heavy (non-hydrogen) atoms. The van der Waals surface area contributed by atoms with Crippen molar-refractivity contribution in [1.29, 1.82) is 0 Å². The average molecular weight is 431 g/mol. The van der Waals surface area contributed by atoms with Crippen molar-refractivity contribution in [1.82, 2.24) is 4.90 Å². The molecule has 0 fully saturated rings. The lowest BCUT2D eigenvalue weighted by Crippen LogP contribution is -2.35. The van der Waals surface area contributed by atoms with Crippen LogP contribution in [0, 0.1) is 0 Å². The molecule has 164 valence electrons. The lowest BCUT2D eigenvalue weighted by Gasteiger charge is -2.15. The third-order valence-corrected chi connectivity index (χ3v) is 5.25. The van der Waals surface area contributed by atoms with E-state index >= 15 is 0 Å². The Bertz CT molecular complexity index is 1180. The second-order valence-electron chi connectivity index (χ2n) is 7.85. The highest BCUT2D eigenvalue weighted by Gasteiger charge is 2.39. The van der Waals surface area contributed by atoms with Gasteiger partial charge in [-0.05, 0) is 43.0 Å². The van der Waals surface area contributed by atoms with Crippen molar-refractivity contribution in [3.8, 4) is 5.75 Å². The zero-order chi connectivity index (χ0) is 22.7. The van der Waals surface area contributed by atoms with Crippen LogP contribution in [0.25, 0.3) is 16.3 Å². The number of hydrogen-bond donors (Lipinski definition) is 1. The largest absolute Gasteiger partial charge is 0.491 e. The van der Waals surface area contributed by atoms with Gasteiger partial charge in [-0.15, -0.1) is 0 Å². The quantitative estimate of drug-likeness (QED) is 0.534. The van der Waals surface area contributed by atoms with E-state index in [2.05, 4.69) is 5.32 Å². The molecule has 2 amide bonds. The molecular weight excluding hydrogens is 404 g/mol. The molecule has 3 aromatic carbocycles. The third kappa shape index (κ3) is 4.22. The predicted octanol–water partition coefficient (Wildman–Crippen LogP) is 4.47. The highest BCUT2D eigenvalue weighted by molar-refractivity contribution is 6.36. The van der Waals surface area contributed by atoms with E-state index in [9.17, 15) is 9.59 Å². The first kappa shape index (κ1) is 21.6. The fourth-order valence-electron chi connectivity index (χ4n) is 3.79. The Balaban J connectivity index is 1.77. The average Bonchev–Trinajstić information content (AvgIpc) is 3.02. The van der Waals surface area contributed by atoms with Gasteiger partial charge in [-0.25, -0.2) is 0 Å². The van der Waals surface area contributed by atoms with Crippen LogP contribution in [0.15, 0.2) is 72.4 Å². The zero-order valence-corrected chi connectivity index (χ0v) is 18.4. The van der Waals surface area contributed by atoms with E-state index < -0.39 is 0 Å². The van der Waals surface area contributed by atoms with Crippen molar-refractivity contribution < 1.29 is 19.1 Å². The molecule has 1 aliphatic heterocycles. The molecule has 0 saturated carbocycles. The summed E-state index contributed by atoms with van der Waals surface area (Å²) in [5.74, 6) is 0.00531. The summed E-state index contributed by atoms with van der Waals surface area (Å²) in [7, 11) is 1.54.